The van der Waals surface area contributed by atoms with Gasteiger partial charge in [0, 0.05) is 42.0 Å². The lowest BCUT2D eigenvalue weighted by Gasteiger charge is -2.33. The molecule has 2 heterocycles. The number of anilines is 1. The zero-order chi connectivity index (χ0) is 27.3. The van der Waals surface area contributed by atoms with Crippen LogP contribution in [0.3, 0.4) is 0 Å². The van der Waals surface area contributed by atoms with Crippen molar-refractivity contribution in [2.24, 2.45) is 10.4 Å². The van der Waals surface area contributed by atoms with E-state index in [2.05, 4.69) is 50.1 Å². The molecule has 6 rings (SSSR count). The van der Waals surface area contributed by atoms with Gasteiger partial charge in [-0.1, -0.05) is 57.5 Å². The summed E-state index contributed by atoms with van der Waals surface area (Å²) in [5.41, 5.74) is 4.61. The third-order valence-electron chi connectivity index (χ3n) is 8.43. The minimum Gasteiger partial charge on any atom is -0.478 e. The Hall–Kier alpha value is -3.51. The van der Waals surface area contributed by atoms with Gasteiger partial charge in [-0.3, -0.25) is 9.59 Å². The van der Waals surface area contributed by atoms with Crippen molar-refractivity contribution in [1.82, 2.24) is 4.90 Å². The number of ketones is 2. The number of allylic oxidation sites excluding steroid dienone is 2. The standard InChI is InChI=1S/C33H37N3O3/c1-20-10-7-8-16-36(20)17-9-15-34-25-19-27-30(35-24-14-13-21(33(2,3)4)18-26(24)39-27)29-28(25)31(37)22-11-5-6-12-23(22)32(29)38/h5-6,11-14,18-20,26,34H,7-10,15-17H2,1-4H3/t20-,26?/m1/s1. The Morgan fingerprint density at radius 3 is 2.51 bits per heavy atom. The molecule has 202 valence electrons. The van der Waals surface area contributed by atoms with Crippen LogP contribution >= 0.6 is 0 Å². The number of fused-ring (bicyclic) bond motifs is 5. The van der Waals surface area contributed by atoms with E-state index < -0.39 is 0 Å². The largest absolute Gasteiger partial charge is 0.478 e. The molecule has 0 saturated carbocycles. The van der Waals surface area contributed by atoms with Gasteiger partial charge in [0.1, 0.15) is 11.4 Å². The number of hydrogen-bond acceptors (Lipinski definition) is 6. The number of ether oxygens (including phenoxy) is 1. The van der Waals surface area contributed by atoms with Crippen LogP contribution < -0.4 is 10.1 Å². The second-order valence-electron chi connectivity index (χ2n) is 12.2. The predicted molar refractivity (Wildman–Crippen MR) is 156 cm³/mol. The Morgan fingerprint density at radius 2 is 1.79 bits per heavy atom. The maximum Gasteiger partial charge on any atom is 0.196 e. The molecule has 1 saturated heterocycles. The first kappa shape index (κ1) is 25.8. The number of carbonyl (C=O) groups excluding carboxylic acids is 2. The summed E-state index contributed by atoms with van der Waals surface area (Å²) in [4.78, 5) is 35.1. The van der Waals surface area contributed by atoms with E-state index in [1.807, 2.05) is 12.1 Å². The molecule has 4 aliphatic rings. The average molecular weight is 524 g/mol. The minimum atomic E-state index is -0.329. The van der Waals surface area contributed by atoms with E-state index in [4.69, 9.17) is 9.73 Å². The van der Waals surface area contributed by atoms with Crippen molar-refractivity contribution in [1.29, 1.82) is 0 Å². The lowest BCUT2D eigenvalue weighted by molar-refractivity contribution is 0.0979. The van der Waals surface area contributed by atoms with E-state index in [0.717, 1.165) is 25.2 Å². The van der Waals surface area contributed by atoms with E-state index in [0.29, 0.717) is 52.0 Å². The summed E-state index contributed by atoms with van der Waals surface area (Å²) in [5, 5.41) is 3.51. The molecule has 2 aromatic carbocycles. The molecule has 0 spiro atoms. The smallest absolute Gasteiger partial charge is 0.196 e. The van der Waals surface area contributed by atoms with Gasteiger partial charge in [-0.25, -0.2) is 4.99 Å². The van der Waals surface area contributed by atoms with Crippen molar-refractivity contribution >= 4 is 28.7 Å². The molecule has 1 N–H and O–H groups in total. The van der Waals surface area contributed by atoms with Gasteiger partial charge in [-0.15, -0.1) is 0 Å². The molecule has 0 bridgehead atoms. The first-order valence-corrected chi connectivity index (χ1v) is 14.3. The van der Waals surface area contributed by atoms with E-state index in [-0.39, 0.29) is 23.1 Å². The van der Waals surface area contributed by atoms with Crippen LogP contribution in [0.5, 0.6) is 5.75 Å². The Bertz CT molecular complexity index is 1440. The monoisotopic (exact) mass is 523 g/mol. The number of likely N-dealkylation sites (tertiary alicyclic amines) is 1. The van der Waals surface area contributed by atoms with Crippen molar-refractivity contribution in [3.05, 3.63) is 76.4 Å². The second-order valence-corrected chi connectivity index (χ2v) is 12.2. The van der Waals surface area contributed by atoms with Crippen LogP contribution in [-0.2, 0) is 0 Å². The molecule has 2 atom stereocenters. The molecule has 6 heteroatoms. The van der Waals surface area contributed by atoms with Crippen molar-refractivity contribution in [2.75, 3.05) is 25.0 Å². The van der Waals surface area contributed by atoms with Gasteiger partial charge in [0.2, 0.25) is 0 Å². The van der Waals surface area contributed by atoms with Crippen molar-refractivity contribution in [3.8, 4) is 5.75 Å². The maximum absolute atomic E-state index is 13.9. The average Bonchev–Trinajstić information content (AvgIpc) is 2.92. The molecule has 2 aliphatic heterocycles. The first-order chi connectivity index (χ1) is 18.7. The van der Waals surface area contributed by atoms with Crippen molar-refractivity contribution in [3.63, 3.8) is 0 Å². The number of piperidine rings is 1. The van der Waals surface area contributed by atoms with Crippen molar-refractivity contribution in [2.45, 2.75) is 65.5 Å². The summed E-state index contributed by atoms with van der Waals surface area (Å²) >= 11 is 0. The molecule has 39 heavy (non-hydrogen) atoms. The second kappa shape index (κ2) is 9.91. The highest BCUT2D eigenvalue weighted by Crippen LogP contribution is 2.46. The predicted octanol–water partition coefficient (Wildman–Crippen LogP) is 6.51. The van der Waals surface area contributed by atoms with Gasteiger partial charge in [0.15, 0.2) is 17.7 Å². The van der Waals surface area contributed by atoms with E-state index in [1.54, 1.807) is 24.3 Å². The highest BCUT2D eigenvalue weighted by molar-refractivity contribution is 6.32. The SMILES string of the molecule is C[C@@H]1CCCCN1CCCNc1cc2c(c3c1C(=O)c1ccccc1C3=O)N=C1C=CC(C(C)(C)C)=CC1O2. The lowest BCUT2D eigenvalue weighted by Crippen LogP contribution is -2.38. The fourth-order valence-corrected chi connectivity index (χ4v) is 6.12. The number of hydrogen-bond donors (Lipinski definition) is 1. The summed E-state index contributed by atoms with van der Waals surface area (Å²) in [7, 11) is 0. The maximum atomic E-state index is 13.9. The quantitative estimate of drug-likeness (QED) is 0.386. The normalized spacial score (nSPS) is 22.2. The molecule has 0 radical (unpaired) electrons. The van der Waals surface area contributed by atoms with Crippen LogP contribution in [0.4, 0.5) is 11.4 Å². The molecule has 2 aliphatic carbocycles. The molecule has 1 unspecified atom stereocenters. The molecular formula is C33H37N3O3. The summed E-state index contributed by atoms with van der Waals surface area (Å²) in [6.07, 6.45) is 10.6. The summed E-state index contributed by atoms with van der Waals surface area (Å²) in [5.74, 6) is 0.209. The zero-order valence-electron chi connectivity index (χ0n) is 23.3. The summed E-state index contributed by atoms with van der Waals surface area (Å²) in [6, 6.07) is 9.55. The number of nitrogens with one attached hydrogen (secondary N) is 1. The Morgan fingerprint density at radius 1 is 1.05 bits per heavy atom. The number of nitrogens with zero attached hydrogens (tertiary/aromatic N) is 2. The number of aliphatic imine (C=N–C) groups is 1. The van der Waals surface area contributed by atoms with Crippen LogP contribution in [-0.4, -0.2) is 54.0 Å². The van der Waals surface area contributed by atoms with Gasteiger partial charge in [0.25, 0.3) is 0 Å². The van der Waals surface area contributed by atoms with Crippen molar-refractivity contribution < 1.29 is 14.3 Å². The van der Waals surface area contributed by atoms with Crippen LogP contribution in [0.2, 0.25) is 0 Å². The highest BCUT2D eigenvalue weighted by atomic mass is 16.5. The van der Waals surface area contributed by atoms with Gasteiger partial charge in [-0.05, 0) is 55.9 Å². The van der Waals surface area contributed by atoms with Crippen LogP contribution in [0.1, 0.15) is 85.2 Å². The number of rotatable bonds is 5. The topological polar surface area (TPSA) is 71.0 Å². The molecule has 6 nitrogen and oxygen atoms in total. The van der Waals surface area contributed by atoms with Crippen LogP contribution in [0.15, 0.2) is 59.1 Å². The Kier molecular flexibility index (Phi) is 6.54. The fourth-order valence-electron chi connectivity index (χ4n) is 6.12. The molecule has 2 aromatic rings. The van der Waals surface area contributed by atoms with Gasteiger partial charge >= 0.3 is 0 Å². The minimum absolute atomic E-state index is 0.0216. The Balaban J connectivity index is 1.36. The summed E-state index contributed by atoms with van der Waals surface area (Å²) in [6.45, 7) is 11.7. The number of carbonyl (C=O) groups is 2. The van der Waals surface area contributed by atoms with Crippen LogP contribution in [0, 0.1) is 5.41 Å². The third-order valence-corrected chi connectivity index (χ3v) is 8.43. The van der Waals surface area contributed by atoms with Gasteiger partial charge in [-0.2, -0.15) is 0 Å². The molecule has 0 aromatic heterocycles. The van der Waals surface area contributed by atoms with Gasteiger partial charge < -0.3 is 15.0 Å². The number of benzene rings is 2. The van der Waals surface area contributed by atoms with E-state index in [1.165, 1.54) is 24.8 Å². The Labute approximate surface area is 230 Å². The van der Waals surface area contributed by atoms with Gasteiger partial charge in [0.05, 0.1) is 16.8 Å². The summed E-state index contributed by atoms with van der Waals surface area (Å²) < 4.78 is 6.48. The molecule has 1 fully saturated rings. The molecular weight excluding hydrogens is 486 g/mol. The van der Waals surface area contributed by atoms with E-state index in [9.17, 15) is 9.59 Å². The zero-order valence-corrected chi connectivity index (χ0v) is 23.3. The fraction of sp³-hybridized carbons (Fsp3) is 0.424. The van der Waals surface area contributed by atoms with Crippen LogP contribution in [0.25, 0.3) is 0 Å². The highest BCUT2D eigenvalue weighted by Gasteiger charge is 2.38. The van der Waals surface area contributed by atoms with E-state index >= 15 is 0 Å². The first-order valence-electron chi connectivity index (χ1n) is 14.3. The third kappa shape index (κ3) is 4.65. The molecule has 0 amide bonds. The lowest BCUT2D eigenvalue weighted by atomic mass is 9.81.